The van der Waals surface area contributed by atoms with E-state index in [1.165, 1.54) is 23.1 Å². The van der Waals surface area contributed by atoms with Gasteiger partial charge in [-0.3, -0.25) is 14.2 Å². The molecule has 1 N–H and O–H groups in total. The lowest BCUT2D eigenvalue weighted by Gasteiger charge is -2.14. The van der Waals surface area contributed by atoms with Crippen LogP contribution in [0.3, 0.4) is 0 Å². The molecule has 0 spiro atoms. The number of thioether (sulfide) groups is 1. The number of amides is 1. The molecule has 0 aliphatic heterocycles. The van der Waals surface area contributed by atoms with Crippen molar-refractivity contribution >= 4 is 39.2 Å². The number of carbonyl (C=O) groups is 1. The Labute approximate surface area is 168 Å². The molecule has 0 fully saturated rings. The Bertz CT molecular complexity index is 845. The number of hydrogen-bond donors (Lipinski definition) is 1. The Hall–Kier alpha value is -1.38. The molecule has 1 amide bonds. The van der Waals surface area contributed by atoms with Crippen molar-refractivity contribution < 1.29 is 9.53 Å². The topological polar surface area (TPSA) is 73.2 Å². The highest BCUT2D eigenvalue weighted by Gasteiger charge is 2.17. The smallest absolute Gasteiger partial charge is 0.263 e. The Balaban J connectivity index is 2.28. The second-order valence-corrected chi connectivity index (χ2v) is 8.68. The van der Waals surface area contributed by atoms with E-state index >= 15 is 0 Å². The summed E-state index contributed by atoms with van der Waals surface area (Å²) in [5.74, 6) is 0.208. The number of fused-ring (bicyclic) bond motifs is 1. The molecular weight excluding hydrogens is 382 g/mol. The molecule has 27 heavy (non-hydrogen) atoms. The van der Waals surface area contributed by atoms with Crippen LogP contribution in [-0.2, 0) is 16.1 Å². The van der Waals surface area contributed by atoms with E-state index in [9.17, 15) is 9.59 Å². The van der Waals surface area contributed by atoms with E-state index in [1.807, 2.05) is 34.6 Å². The average molecular weight is 412 g/mol. The fourth-order valence-corrected chi connectivity index (χ4v) is 4.54. The van der Waals surface area contributed by atoms with E-state index in [4.69, 9.17) is 9.72 Å². The molecule has 6 nitrogen and oxygen atoms in total. The minimum atomic E-state index is -0.0388. The maximum atomic E-state index is 13.1. The first kappa shape index (κ1) is 21.9. The van der Waals surface area contributed by atoms with E-state index < -0.39 is 0 Å². The predicted molar refractivity (Wildman–Crippen MR) is 113 cm³/mol. The molecule has 0 unspecified atom stereocenters. The standard InChI is InChI=1S/C19H29N3O3S2/c1-6-12(3)20-15(23)11-26-19-21-17-16(13(4)14(5)27-17)18(24)22(19)9-8-10-25-7-2/h12H,6-11H2,1-5H3,(H,20,23)/t12-/m0/s1. The SMILES string of the molecule is CCOCCCn1c(SCC(=O)N[C@@H](C)CC)nc2sc(C)c(C)c2c1=O. The van der Waals surface area contributed by atoms with Gasteiger partial charge in [0, 0.05) is 30.7 Å². The Morgan fingerprint density at radius 2 is 2.11 bits per heavy atom. The monoisotopic (exact) mass is 411 g/mol. The van der Waals surface area contributed by atoms with Crippen LogP contribution in [0.25, 0.3) is 10.2 Å². The molecule has 150 valence electrons. The summed E-state index contributed by atoms with van der Waals surface area (Å²) in [6.07, 6.45) is 1.62. The van der Waals surface area contributed by atoms with Crippen LogP contribution in [0.2, 0.25) is 0 Å². The molecule has 8 heteroatoms. The summed E-state index contributed by atoms with van der Waals surface area (Å²) in [6.45, 7) is 11.7. The van der Waals surface area contributed by atoms with Gasteiger partial charge in [-0.2, -0.15) is 0 Å². The highest BCUT2D eigenvalue weighted by Crippen LogP contribution is 2.28. The van der Waals surface area contributed by atoms with Gasteiger partial charge < -0.3 is 10.1 Å². The number of nitrogens with one attached hydrogen (secondary N) is 1. The van der Waals surface area contributed by atoms with Gasteiger partial charge in [0.1, 0.15) is 4.83 Å². The van der Waals surface area contributed by atoms with Crippen molar-refractivity contribution in [1.82, 2.24) is 14.9 Å². The normalized spacial score (nSPS) is 12.5. The van der Waals surface area contributed by atoms with Gasteiger partial charge in [-0.05, 0) is 46.1 Å². The van der Waals surface area contributed by atoms with Crippen molar-refractivity contribution in [3.63, 3.8) is 0 Å². The zero-order valence-corrected chi connectivity index (χ0v) is 18.4. The first-order valence-corrected chi connectivity index (χ1v) is 11.2. The van der Waals surface area contributed by atoms with Crippen molar-refractivity contribution in [1.29, 1.82) is 0 Å². The van der Waals surface area contributed by atoms with E-state index in [0.717, 1.165) is 28.1 Å². The third-order valence-corrected chi connectivity index (χ3v) is 6.56. The largest absolute Gasteiger partial charge is 0.382 e. The van der Waals surface area contributed by atoms with Crippen LogP contribution >= 0.6 is 23.1 Å². The Morgan fingerprint density at radius 1 is 1.37 bits per heavy atom. The predicted octanol–water partition coefficient (Wildman–Crippen LogP) is 3.51. The minimum Gasteiger partial charge on any atom is -0.382 e. The van der Waals surface area contributed by atoms with Crippen molar-refractivity contribution in [2.45, 2.75) is 65.2 Å². The summed E-state index contributed by atoms with van der Waals surface area (Å²) in [7, 11) is 0. The zero-order valence-electron chi connectivity index (χ0n) is 16.8. The molecule has 0 radical (unpaired) electrons. The van der Waals surface area contributed by atoms with Gasteiger partial charge in [0.15, 0.2) is 5.16 Å². The lowest BCUT2D eigenvalue weighted by atomic mass is 10.2. The lowest BCUT2D eigenvalue weighted by molar-refractivity contribution is -0.119. The van der Waals surface area contributed by atoms with E-state index in [0.29, 0.717) is 30.3 Å². The number of aromatic nitrogens is 2. The highest BCUT2D eigenvalue weighted by molar-refractivity contribution is 7.99. The number of hydrogen-bond acceptors (Lipinski definition) is 6. The van der Waals surface area contributed by atoms with Crippen LogP contribution in [-0.4, -0.2) is 40.5 Å². The number of carbonyl (C=O) groups excluding carboxylic acids is 1. The van der Waals surface area contributed by atoms with E-state index in [-0.39, 0.29) is 23.3 Å². The van der Waals surface area contributed by atoms with Crippen LogP contribution in [0.15, 0.2) is 9.95 Å². The highest BCUT2D eigenvalue weighted by atomic mass is 32.2. The third-order valence-electron chi connectivity index (χ3n) is 4.48. The van der Waals surface area contributed by atoms with Crippen molar-refractivity contribution in [3.05, 3.63) is 20.8 Å². The Morgan fingerprint density at radius 3 is 2.78 bits per heavy atom. The summed E-state index contributed by atoms with van der Waals surface area (Å²) >= 11 is 2.85. The molecule has 2 heterocycles. The molecule has 0 aliphatic carbocycles. The quantitative estimate of drug-likeness (QED) is 0.368. The number of ether oxygens (including phenoxy) is 1. The summed E-state index contributed by atoms with van der Waals surface area (Å²) in [4.78, 5) is 31.8. The summed E-state index contributed by atoms with van der Waals surface area (Å²) in [5.41, 5.74) is 0.973. The molecule has 1 atom stereocenters. The molecule has 2 aromatic heterocycles. The maximum Gasteiger partial charge on any atom is 0.263 e. The summed E-state index contributed by atoms with van der Waals surface area (Å²) in [5, 5.41) is 4.25. The fourth-order valence-electron chi connectivity index (χ4n) is 2.63. The molecule has 2 aromatic rings. The molecule has 0 bridgehead atoms. The second kappa shape index (κ2) is 10.2. The number of aryl methyl sites for hydroxylation is 2. The fraction of sp³-hybridized carbons (Fsp3) is 0.632. The molecule has 0 aromatic carbocycles. The van der Waals surface area contributed by atoms with Crippen LogP contribution in [0.4, 0.5) is 0 Å². The van der Waals surface area contributed by atoms with E-state index in [2.05, 4.69) is 5.32 Å². The maximum absolute atomic E-state index is 13.1. The van der Waals surface area contributed by atoms with Crippen LogP contribution in [0.5, 0.6) is 0 Å². The molecule has 0 aliphatic rings. The minimum absolute atomic E-state index is 0.0248. The van der Waals surface area contributed by atoms with Gasteiger partial charge in [-0.25, -0.2) is 4.98 Å². The lowest BCUT2D eigenvalue weighted by Crippen LogP contribution is -2.33. The van der Waals surface area contributed by atoms with Crippen LogP contribution in [0, 0.1) is 13.8 Å². The molecule has 2 rings (SSSR count). The average Bonchev–Trinajstić information content (AvgIpc) is 2.92. The van der Waals surface area contributed by atoms with Crippen molar-refractivity contribution in [2.75, 3.05) is 19.0 Å². The van der Waals surface area contributed by atoms with Crippen molar-refractivity contribution in [2.24, 2.45) is 0 Å². The van der Waals surface area contributed by atoms with Gasteiger partial charge in [0.2, 0.25) is 5.91 Å². The van der Waals surface area contributed by atoms with Gasteiger partial charge in [0.25, 0.3) is 5.56 Å². The van der Waals surface area contributed by atoms with Crippen LogP contribution < -0.4 is 10.9 Å². The summed E-state index contributed by atoms with van der Waals surface area (Å²) < 4.78 is 7.10. The first-order valence-electron chi connectivity index (χ1n) is 9.39. The second-order valence-electron chi connectivity index (χ2n) is 6.53. The molecule has 0 saturated heterocycles. The van der Waals surface area contributed by atoms with Gasteiger partial charge >= 0.3 is 0 Å². The number of rotatable bonds is 10. The summed E-state index contributed by atoms with van der Waals surface area (Å²) in [6, 6.07) is 0.143. The van der Waals surface area contributed by atoms with Gasteiger partial charge in [0.05, 0.1) is 11.1 Å². The van der Waals surface area contributed by atoms with Gasteiger partial charge in [-0.15, -0.1) is 11.3 Å². The third kappa shape index (κ3) is 5.56. The van der Waals surface area contributed by atoms with E-state index in [1.54, 1.807) is 4.57 Å². The van der Waals surface area contributed by atoms with Gasteiger partial charge in [-0.1, -0.05) is 18.7 Å². The Kier molecular flexibility index (Phi) is 8.31. The first-order chi connectivity index (χ1) is 12.9. The van der Waals surface area contributed by atoms with Crippen LogP contribution in [0.1, 0.15) is 44.1 Å². The van der Waals surface area contributed by atoms with Crippen molar-refractivity contribution in [3.8, 4) is 0 Å². The molecule has 0 saturated carbocycles. The zero-order chi connectivity index (χ0) is 20.0. The molecular formula is C19H29N3O3S2. The number of thiophene rings is 1. The number of nitrogens with zero attached hydrogens (tertiary/aromatic N) is 2.